The van der Waals surface area contributed by atoms with E-state index in [2.05, 4.69) is 5.32 Å². The minimum atomic E-state index is -1.24. The summed E-state index contributed by atoms with van der Waals surface area (Å²) in [7, 11) is 6.13. The minimum absolute atomic E-state index is 0.0183. The first-order valence-electron chi connectivity index (χ1n) is 10.6. The van der Waals surface area contributed by atoms with Crippen molar-refractivity contribution in [3.05, 3.63) is 72.3 Å². The molecule has 1 N–H and O–H groups in total. The topological polar surface area (TPSA) is 86.3 Å². The van der Waals surface area contributed by atoms with E-state index in [1.807, 2.05) is 30.3 Å². The zero-order valence-electron chi connectivity index (χ0n) is 19.5. The van der Waals surface area contributed by atoms with Crippen LogP contribution in [0.4, 0.5) is 11.4 Å². The van der Waals surface area contributed by atoms with E-state index < -0.39 is 5.54 Å². The maximum Gasteiger partial charge on any atom is 0.255 e. The van der Waals surface area contributed by atoms with Gasteiger partial charge in [-0.3, -0.25) is 14.5 Å². The molecule has 8 nitrogen and oxygen atoms in total. The van der Waals surface area contributed by atoms with Crippen molar-refractivity contribution in [2.45, 2.75) is 12.0 Å². The number of carbonyl (C=O) groups is 2. The number of amides is 2. The van der Waals surface area contributed by atoms with Gasteiger partial charge in [0.25, 0.3) is 5.91 Å². The number of β-lactam (4-membered cyclic amide) rings is 1. The fourth-order valence-electron chi connectivity index (χ4n) is 4.23. The first-order chi connectivity index (χ1) is 16.5. The molecule has 8 heteroatoms. The lowest BCUT2D eigenvalue weighted by molar-refractivity contribution is -0.137. The van der Waals surface area contributed by atoms with Crippen LogP contribution in [-0.2, 0) is 15.1 Å². The van der Waals surface area contributed by atoms with E-state index in [4.69, 9.17) is 18.9 Å². The summed E-state index contributed by atoms with van der Waals surface area (Å²) in [6.07, 6.45) is 0.0183. The molecule has 2 amide bonds. The third-order valence-electron chi connectivity index (χ3n) is 5.93. The Balaban J connectivity index is 1.77. The molecule has 1 saturated heterocycles. The van der Waals surface area contributed by atoms with Crippen LogP contribution in [0.15, 0.2) is 66.7 Å². The second kappa shape index (κ2) is 9.35. The number of methoxy groups -OCH3 is 4. The quantitative estimate of drug-likeness (QED) is 0.510. The van der Waals surface area contributed by atoms with Crippen LogP contribution in [-0.4, -0.2) is 40.3 Å². The lowest BCUT2D eigenvalue weighted by atomic mass is 9.76. The molecule has 176 valence electrons. The van der Waals surface area contributed by atoms with Gasteiger partial charge in [0, 0.05) is 23.5 Å². The summed E-state index contributed by atoms with van der Waals surface area (Å²) in [5, 5.41) is 2.96. The molecular weight excluding hydrogens is 436 g/mol. The Labute approximate surface area is 198 Å². The molecule has 1 unspecified atom stereocenters. The Morgan fingerprint density at radius 1 is 0.794 bits per heavy atom. The van der Waals surface area contributed by atoms with Gasteiger partial charge in [-0.05, 0) is 29.8 Å². The molecule has 1 atom stereocenters. The smallest absolute Gasteiger partial charge is 0.255 e. The van der Waals surface area contributed by atoms with Gasteiger partial charge in [0.1, 0.15) is 0 Å². The van der Waals surface area contributed by atoms with Gasteiger partial charge in [0.15, 0.2) is 28.5 Å². The average molecular weight is 463 g/mol. The second-order valence-electron chi connectivity index (χ2n) is 7.70. The van der Waals surface area contributed by atoms with E-state index >= 15 is 0 Å². The zero-order valence-corrected chi connectivity index (χ0v) is 19.5. The van der Waals surface area contributed by atoms with Gasteiger partial charge < -0.3 is 24.3 Å². The number of hydrogen-bond acceptors (Lipinski definition) is 6. The number of hydrogen-bond donors (Lipinski definition) is 1. The molecule has 1 heterocycles. The van der Waals surface area contributed by atoms with Gasteiger partial charge in [-0.1, -0.05) is 30.3 Å². The Hall–Kier alpha value is -4.20. The lowest BCUT2D eigenvalue weighted by Crippen LogP contribution is -2.67. The first-order valence-corrected chi connectivity index (χ1v) is 10.6. The van der Waals surface area contributed by atoms with Crippen molar-refractivity contribution in [1.82, 2.24) is 0 Å². The van der Waals surface area contributed by atoms with E-state index in [0.29, 0.717) is 39.9 Å². The van der Waals surface area contributed by atoms with Gasteiger partial charge in [0.2, 0.25) is 5.91 Å². The molecule has 0 aliphatic carbocycles. The third-order valence-corrected chi connectivity index (χ3v) is 5.93. The molecule has 1 fully saturated rings. The number of anilines is 2. The predicted molar refractivity (Wildman–Crippen MR) is 128 cm³/mol. The zero-order chi connectivity index (χ0) is 24.3. The van der Waals surface area contributed by atoms with Crippen LogP contribution < -0.4 is 29.2 Å². The number of nitrogens with zero attached hydrogens (tertiary/aromatic N) is 1. The summed E-state index contributed by atoms with van der Waals surface area (Å²) >= 11 is 0. The molecule has 0 aromatic heterocycles. The Bertz CT molecular complexity index is 1210. The SMILES string of the molecule is COc1ccc(NC(=O)C2(c3ccccc3)CC(=O)N2c2ccc(OC)c(OC)c2)cc1OC. The summed E-state index contributed by atoms with van der Waals surface area (Å²) in [5.74, 6) is 1.49. The molecule has 0 bridgehead atoms. The highest BCUT2D eigenvalue weighted by Gasteiger charge is 2.58. The van der Waals surface area contributed by atoms with Crippen LogP contribution in [0.5, 0.6) is 23.0 Å². The van der Waals surface area contributed by atoms with Crippen molar-refractivity contribution >= 4 is 23.2 Å². The molecule has 0 saturated carbocycles. The third kappa shape index (κ3) is 3.77. The molecule has 4 rings (SSSR count). The number of nitrogens with one attached hydrogen (secondary N) is 1. The summed E-state index contributed by atoms with van der Waals surface area (Å²) in [6, 6.07) is 19.5. The van der Waals surface area contributed by atoms with Crippen molar-refractivity contribution in [3.8, 4) is 23.0 Å². The summed E-state index contributed by atoms with van der Waals surface area (Å²) in [6.45, 7) is 0. The normalized spacial score (nSPS) is 16.9. The number of ether oxygens (including phenoxy) is 4. The van der Waals surface area contributed by atoms with Crippen LogP contribution in [0.2, 0.25) is 0 Å². The van der Waals surface area contributed by atoms with Crippen molar-refractivity contribution in [2.75, 3.05) is 38.7 Å². The van der Waals surface area contributed by atoms with Crippen molar-refractivity contribution < 1.29 is 28.5 Å². The summed E-state index contributed by atoms with van der Waals surface area (Å²) in [4.78, 5) is 28.3. The number of rotatable bonds is 8. The summed E-state index contributed by atoms with van der Waals surface area (Å²) in [5.41, 5.74) is 0.498. The Morgan fingerprint density at radius 3 is 1.97 bits per heavy atom. The monoisotopic (exact) mass is 462 g/mol. The standard InChI is InChI=1S/C26H26N2O6/c1-31-20-12-10-18(14-22(20)33-3)27-25(30)26(17-8-6-5-7-9-17)16-24(29)28(26)19-11-13-21(32-2)23(15-19)34-4/h5-15H,16H2,1-4H3,(H,27,30). The van der Waals surface area contributed by atoms with E-state index in [0.717, 1.165) is 0 Å². The van der Waals surface area contributed by atoms with Crippen LogP contribution in [0.3, 0.4) is 0 Å². The van der Waals surface area contributed by atoms with E-state index in [-0.39, 0.29) is 18.2 Å². The number of benzene rings is 3. The van der Waals surface area contributed by atoms with Gasteiger partial charge in [-0.15, -0.1) is 0 Å². The molecule has 3 aromatic rings. The van der Waals surface area contributed by atoms with Crippen LogP contribution in [0.25, 0.3) is 0 Å². The molecular formula is C26H26N2O6. The van der Waals surface area contributed by atoms with E-state index in [1.54, 1.807) is 43.5 Å². The maximum absolute atomic E-state index is 13.8. The largest absolute Gasteiger partial charge is 0.493 e. The maximum atomic E-state index is 13.8. The molecule has 3 aromatic carbocycles. The highest BCUT2D eigenvalue weighted by Crippen LogP contribution is 2.47. The van der Waals surface area contributed by atoms with Crippen molar-refractivity contribution in [3.63, 3.8) is 0 Å². The molecule has 0 spiro atoms. The van der Waals surface area contributed by atoms with Gasteiger partial charge in [-0.2, -0.15) is 0 Å². The predicted octanol–water partition coefficient (Wildman–Crippen LogP) is 3.99. The van der Waals surface area contributed by atoms with Crippen molar-refractivity contribution in [1.29, 1.82) is 0 Å². The minimum Gasteiger partial charge on any atom is -0.493 e. The second-order valence-corrected chi connectivity index (χ2v) is 7.70. The van der Waals surface area contributed by atoms with Gasteiger partial charge in [-0.25, -0.2) is 0 Å². The first kappa shape index (κ1) is 23.0. The molecule has 0 radical (unpaired) electrons. The lowest BCUT2D eigenvalue weighted by Gasteiger charge is -2.50. The van der Waals surface area contributed by atoms with Crippen LogP contribution >= 0.6 is 0 Å². The molecule has 1 aliphatic heterocycles. The fraction of sp³-hybridized carbons (Fsp3) is 0.231. The number of carbonyl (C=O) groups excluding carboxylic acids is 2. The van der Waals surface area contributed by atoms with Crippen LogP contribution in [0.1, 0.15) is 12.0 Å². The summed E-state index contributed by atoms with van der Waals surface area (Å²) < 4.78 is 21.4. The van der Waals surface area contributed by atoms with Gasteiger partial charge in [0.05, 0.1) is 34.9 Å². The molecule has 34 heavy (non-hydrogen) atoms. The fourth-order valence-corrected chi connectivity index (χ4v) is 4.23. The average Bonchev–Trinajstić information content (AvgIpc) is 2.87. The van der Waals surface area contributed by atoms with E-state index in [1.165, 1.54) is 26.2 Å². The van der Waals surface area contributed by atoms with Crippen LogP contribution in [0, 0.1) is 0 Å². The Kier molecular flexibility index (Phi) is 6.32. The highest BCUT2D eigenvalue weighted by molar-refractivity contribution is 6.17. The Morgan fingerprint density at radius 2 is 1.38 bits per heavy atom. The van der Waals surface area contributed by atoms with Gasteiger partial charge >= 0.3 is 0 Å². The van der Waals surface area contributed by atoms with E-state index in [9.17, 15) is 9.59 Å². The van der Waals surface area contributed by atoms with Crippen molar-refractivity contribution in [2.24, 2.45) is 0 Å². The molecule has 1 aliphatic rings. The highest BCUT2D eigenvalue weighted by atomic mass is 16.5.